The predicted octanol–water partition coefficient (Wildman–Crippen LogP) is 6.97. The molecule has 4 aromatic carbocycles. The summed E-state index contributed by atoms with van der Waals surface area (Å²) in [6.07, 6.45) is 3.18. The van der Waals surface area contributed by atoms with Crippen LogP contribution in [0.5, 0.6) is 11.5 Å². The Balaban J connectivity index is 0.000000205. The Morgan fingerprint density at radius 3 is 1.68 bits per heavy atom. The zero-order valence-electron chi connectivity index (χ0n) is 25.1. The number of fused-ring (bicyclic) bond motifs is 2. The topological polar surface area (TPSA) is 214 Å². The van der Waals surface area contributed by atoms with Gasteiger partial charge < -0.3 is 26.4 Å². The SMILES string of the molecule is CI.Nc1cc(CO)ccn1.Nc1cc(COc2ccc([N+](=O)[O-])c3ccccc23)ccn1.O=[N+]([O-])c1ccc(O)c2ccccc12. The fourth-order valence-corrected chi connectivity index (χ4v) is 4.31. The van der Waals surface area contributed by atoms with Crippen molar-refractivity contribution in [3.8, 4) is 11.5 Å². The molecule has 14 heteroatoms. The molecule has 2 aromatic heterocycles. The van der Waals surface area contributed by atoms with Crippen LogP contribution in [0.25, 0.3) is 21.5 Å². The summed E-state index contributed by atoms with van der Waals surface area (Å²) in [4.78, 5) is 30.5. The third kappa shape index (κ3) is 9.94. The molecule has 0 saturated heterocycles. The molecule has 6 aromatic rings. The van der Waals surface area contributed by atoms with Crippen molar-refractivity contribution in [1.29, 1.82) is 0 Å². The maximum Gasteiger partial charge on any atom is 0.277 e. The molecule has 13 nitrogen and oxygen atoms in total. The van der Waals surface area contributed by atoms with Crippen LogP contribution in [-0.4, -0.2) is 35.0 Å². The first-order valence-corrected chi connectivity index (χ1v) is 15.9. The number of ether oxygens (including phenoxy) is 1. The number of halogens is 1. The van der Waals surface area contributed by atoms with Gasteiger partial charge in [-0.05, 0) is 64.6 Å². The van der Waals surface area contributed by atoms with Crippen molar-refractivity contribution in [2.75, 3.05) is 16.4 Å². The van der Waals surface area contributed by atoms with E-state index in [9.17, 15) is 25.3 Å². The number of pyridine rings is 2. The Hall–Kier alpha value is -5.61. The number of nitrogens with two attached hydrogens (primary N) is 2. The number of hydrogen-bond acceptors (Lipinski definition) is 11. The average Bonchev–Trinajstić information content (AvgIpc) is 3.08. The van der Waals surface area contributed by atoms with Gasteiger partial charge >= 0.3 is 0 Å². The van der Waals surface area contributed by atoms with Gasteiger partial charge in [0.2, 0.25) is 0 Å². The fraction of sp³-hybridized carbons (Fsp3) is 0.0909. The number of non-ortho nitro benzene ring substituents is 2. The van der Waals surface area contributed by atoms with Crippen molar-refractivity contribution in [3.63, 3.8) is 0 Å². The molecule has 0 atom stereocenters. The zero-order chi connectivity index (χ0) is 34.3. The number of alkyl halides is 1. The van der Waals surface area contributed by atoms with Crippen LogP contribution in [-0.2, 0) is 13.2 Å². The Kier molecular flexibility index (Phi) is 13.6. The van der Waals surface area contributed by atoms with Gasteiger partial charge in [0.1, 0.15) is 29.7 Å². The van der Waals surface area contributed by atoms with E-state index >= 15 is 0 Å². The van der Waals surface area contributed by atoms with Gasteiger partial charge in [-0.1, -0.05) is 59.0 Å². The molecule has 0 bridgehead atoms. The molecule has 242 valence electrons. The van der Waals surface area contributed by atoms with Gasteiger partial charge in [0.05, 0.1) is 27.2 Å². The minimum atomic E-state index is -0.457. The van der Waals surface area contributed by atoms with Crippen molar-refractivity contribution in [1.82, 2.24) is 9.97 Å². The zero-order valence-corrected chi connectivity index (χ0v) is 27.2. The van der Waals surface area contributed by atoms with Gasteiger partial charge in [-0.3, -0.25) is 20.2 Å². The summed E-state index contributed by atoms with van der Waals surface area (Å²) in [5.41, 5.74) is 12.7. The Morgan fingerprint density at radius 1 is 0.702 bits per heavy atom. The van der Waals surface area contributed by atoms with Crippen LogP contribution in [0.2, 0.25) is 0 Å². The highest BCUT2D eigenvalue weighted by molar-refractivity contribution is 14.1. The lowest BCUT2D eigenvalue weighted by Gasteiger charge is -2.10. The van der Waals surface area contributed by atoms with E-state index < -0.39 is 9.85 Å². The van der Waals surface area contributed by atoms with Crippen LogP contribution in [0.3, 0.4) is 0 Å². The Labute approximate surface area is 282 Å². The van der Waals surface area contributed by atoms with Crippen LogP contribution < -0.4 is 16.2 Å². The highest BCUT2D eigenvalue weighted by Crippen LogP contribution is 2.33. The monoisotopic (exact) mass is 750 g/mol. The number of hydrogen-bond donors (Lipinski definition) is 4. The molecule has 0 unspecified atom stereocenters. The second-order valence-corrected chi connectivity index (χ2v) is 9.42. The van der Waals surface area contributed by atoms with E-state index in [1.54, 1.807) is 79.1 Å². The van der Waals surface area contributed by atoms with Crippen molar-refractivity contribution >= 4 is 67.1 Å². The summed E-state index contributed by atoms with van der Waals surface area (Å²) in [5.74, 6) is 1.53. The van der Waals surface area contributed by atoms with Gasteiger partial charge in [0.25, 0.3) is 11.4 Å². The van der Waals surface area contributed by atoms with Gasteiger partial charge in [-0.15, -0.1) is 0 Å². The maximum atomic E-state index is 11.1. The number of benzene rings is 4. The number of aromatic nitrogens is 2. The van der Waals surface area contributed by atoms with E-state index in [1.165, 1.54) is 18.2 Å². The molecule has 0 spiro atoms. The number of nitro groups is 2. The molecular weight excluding hydrogens is 719 g/mol. The lowest BCUT2D eigenvalue weighted by molar-refractivity contribution is -0.383. The number of anilines is 2. The van der Waals surface area contributed by atoms with E-state index in [0.29, 0.717) is 45.5 Å². The van der Waals surface area contributed by atoms with E-state index in [2.05, 4.69) is 32.6 Å². The van der Waals surface area contributed by atoms with Gasteiger partial charge in [-0.25, -0.2) is 9.97 Å². The molecular formula is C33H31IN6O7. The summed E-state index contributed by atoms with van der Waals surface area (Å²) in [6.45, 7) is 0.335. The van der Waals surface area contributed by atoms with Crippen LogP contribution in [0.15, 0.2) is 109 Å². The summed E-state index contributed by atoms with van der Waals surface area (Å²) < 4.78 is 5.79. The van der Waals surface area contributed by atoms with Crippen molar-refractivity contribution in [3.05, 3.63) is 141 Å². The molecule has 0 amide bonds. The molecule has 0 saturated carbocycles. The normalized spacial score (nSPS) is 9.94. The number of nitrogens with zero attached hydrogens (tertiary/aromatic N) is 4. The molecule has 0 fully saturated rings. The summed E-state index contributed by atoms with van der Waals surface area (Å²) in [6, 6.07) is 26.4. The van der Waals surface area contributed by atoms with Crippen LogP contribution in [0.4, 0.5) is 23.0 Å². The Bertz CT molecular complexity index is 1980. The fourth-order valence-electron chi connectivity index (χ4n) is 4.31. The molecule has 0 radical (unpaired) electrons. The van der Waals surface area contributed by atoms with E-state index in [4.69, 9.17) is 21.3 Å². The number of phenolic OH excluding ortho intramolecular Hbond substituents is 1. The molecule has 47 heavy (non-hydrogen) atoms. The summed E-state index contributed by atoms with van der Waals surface area (Å²) >= 11 is 2.15. The second kappa shape index (κ2) is 17.8. The average molecular weight is 751 g/mol. The molecule has 2 heterocycles. The number of aliphatic hydroxyl groups excluding tert-OH is 1. The minimum Gasteiger partial charge on any atom is -0.507 e. The van der Waals surface area contributed by atoms with Crippen molar-refractivity contribution < 1.29 is 24.8 Å². The number of rotatable bonds is 6. The maximum absolute atomic E-state index is 11.1. The van der Waals surface area contributed by atoms with Crippen LogP contribution in [0.1, 0.15) is 11.1 Å². The van der Waals surface area contributed by atoms with Crippen LogP contribution in [0, 0.1) is 20.2 Å². The first-order valence-electron chi connectivity index (χ1n) is 13.7. The summed E-state index contributed by atoms with van der Waals surface area (Å²) in [7, 11) is 0. The van der Waals surface area contributed by atoms with Crippen molar-refractivity contribution in [2.24, 2.45) is 0 Å². The number of nitro benzene ring substituents is 2. The largest absolute Gasteiger partial charge is 0.507 e. The third-order valence-electron chi connectivity index (χ3n) is 6.40. The highest BCUT2D eigenvalue weighted by Gasteiger charge is 2.15. The standard InChI is InChI=1S/C16H13N3O3.C10H7NO3.C6H8N2O.CH3I/c17-16-9-11(7-8-18-16)10-22-15-6-5-14(19(20)21)12-3-1-2-4-13(12)15;12-10-6-5-9(11(13)14)7-3-1-2-4-8(7)10;7-6-3-5(4-9)1-2-8-6;1-2/h1-9H,10H2,(H2,17,18);1-6,12H;1-3,9H,4H2,(H2,7,8);1H3. The van der Waals surface area contributed by atoms with Crippen LogP contribution >= 0.6 is 22.6 Å². The smallest absolute Gasteiger partial charge is 0.277 e. The molecule has 6 N–H and O–H groups in total. The lowest BCUT2D eigenvalue weighted by Crippen LogP contribution is -1.99. The molecule has 6 rings (SSSR count). The lowest BCUT2D eigenvalue weighted by atomic mass is 10.1. The van der Waals surface area contributed by atoms with Crippen molar-refractivity contribution in [2.45, 2.75) is 13.2 Å². The first kappa shape index (κ1) is 35.9. The van der Waals surface area contributed by atoms with E-state index in [0.717, 1.165) is 11.1 Å². The third-order valence-corrected chi connectivity index (χ3v) is 6.40. The quantitative estimate of drug-likeness (QED) is 0.0591. The second-order valence-electron chi connectivity index (χ2n) is 9.42. The summed E-state index contributed by atoms with van der Waals surface area (Å²) in [5, 5.41) is 42.0. The molecule has 0 aliphatic rings. The number of aromatic hydroxyl groups is 1. The van der Waals surface area contributed by atoms with Gasteiger partial charge in [0, 0.05) is 35.3 Å². The first-order chi connectivity index (χ1) is 22.7. The highest BCUT2D eigenvalue weighted by atomic mass is 127. The predicted molar refractivity (Wildman–Crippen MR) is 190 cm³/mol. The molecule has 0 aliphatic heterocycles. The van der Waals surface area contributed by atoms with Gasteiger partial charge in [-0.2, -0.15) is 0 Å². The Morgan fingerprint density at radius 2 is 1.17 bits per heavy atom. The van der Waals surface area contributed by atoms with E-state index in [1.807, 2.05) is 17.1 Å². The number of aliphatic hydroxyl groups is 1. The minimum absolute atomic E-state index is 0.0124. The van der Waals surface area contributed by atoms with Gasteiger partial charge in [0.15, 0.2) is 0 Å². The number of phenols is 1. The molecule has 0 aliphatic carbocycles. The van der Waals surface area contributed by atoms with E-state index in [-0.39, 0.29) is 23.7 Å². The number of nitrogen functional groups attached to an aromatic ring is 2.